The van der Waals surface area contributed by atoms with Crippen molar-refractivity contribution in [1.82, 2.24) is 0 Å². The standard InChI is InChI=1S/C12H22N2O2/c15-13-9-5-1-2-6-10-14(16)12-8-4-3-7-11-13/h9,12H,1-8,10-11H2/b13-9-,14-12-. The van der Waals surface area contributed by atoms with Gasteiger partial charge in [0.25, 0.3) is 0 Å². The third-order valence-corrected chi connectivity index (χ3v) is 2.83. The van der Waals surface area contributed by atoms with E-state index < -0.39 is 0 Å². The molecule has 0 spiro atoms. The highest BCUT2D eigenvalue weighted by Gasteiger charge is 1.99. The van der Waals surface area contributed by atoms with E-state index in [2.05, 4.69) is 0 Å². The van der Waals surface area contributed by atoms with Gasteiger partial charge in [0.1, 0.15) is 0 Å². The summed E-state index contributed by atoms with van der Waals surface area (Å²) >= 11 is 0. The topological polar surface area (TPSA) is 52.1 Å². The molecule has 1 rings (SSSR count). The molecule has 1 heterocycles. The molecule has 4 nitrogen and oxygen atoms in total. The molecule has 0 atom stereocenters. The van der Waals surface area contributed by atoms with Gasteiger partial charge in [0.15, 0.2) is 25.5 Å². The van der Waals surface area contributed by atoms with Crippen LogP contribution in [0.4, 0.5) is 0 Å². The first-order valence-corrected chi connectivity index (χ1v) is 6.33. The highest BCUT2D eigenvalue weighted by molar-refractivity contribution is 5.51. The summed E-state index contributed by atoms with van der Waals surface area (Å²) in [6.07, 6.45) is 11.1. The van der Waals surface area contributed by atoms with Crippen LogP contribution in [0.15, 0.2) is 0 Å². The Morgan fingerprint density at radius 2 is 1.06 bits per heavy atom. The molecule has 4 heteroatoms. The first-order chi connectivity index (χ1) is 7.79. The minimum atomic E-state index is 0.598. The van der Waals surface area contributed by atoms with Gasteiger partial charge in [-0.15, -0.1) is 0 Å². The van der Waals surface area contributed by atoms with Crippen LogP contribution in [0.25, 0.3) is 0 Å². The first kappa shape index (κ1) is 13.0. The summed E-state index contributed by atoms with van der Waals surface area (Å²) in [7, 11) is 0. The number of hydrogen-bond acceptors (Lipinski definition) is 2. The van der Waals surface area contributed by atoms with Crippen LogP contribution >= 0.6 is 0 Å². The molecule has 0 aromatic heterocycles. The molecule has 0 N–H and O–H groups in total. The lowest BCUT2D eigenvalue weighted by molar-refractivity contribution is -0.456. The second-order valence-corrected chi connectivity index (χ2v) is 4.35. The van der Waals surface area contributed by atoms with E-state index in [0.29, 0.717) is 13.1 Å². The maximum Gasteiger partial charge on any atom is 0.153 e. The Morgan fingerprint density at radius 1 is 0.625 bits per heavy atom. The highest BCUT2D eigenvalue weighted by atomic mass is 16.5. The van der Waals surface area contributed by atoms with Gasteiger partial charge < -0.3 is 10.4 Å². The van der Waals surface area contributed by atoms with Gasteiger partial charge in [-0.05, 0) is 25.7 Å². The smallest absolute Gasteiger partial charge is 0.153 e. The Morgan fingerprint density at radius 3 is 1.50 bits per heavy atom. The van der Waals surface area contributed by atoms with Crippen LogP contribution in [0, 0.1) is 10.4 Å². The number of hydroxylamine groups is 2. The van der Waals surface area contributed by atoms with Crippen molar-refractivity contribution in [3.05, 3.63) is 10.4 Å². The van der Waals surface area contributed by atoms with Gasteiger partial charge in [0, 0.05) is 25.7 Å². The van der Waals surface area contributed by atoms with Crippen molar-refractivity contribution in [2.75, 3.05) is 13.1 Å². The predicted molar refractivity (Wildman–Crippen MR) is 66.1 cm³/mol. The zero-order chi connectivity index (χ0) is 11.6. The molecular weight excluding hydrogens is 204 g/mol. The van der Waals surface area contributed by atoms with Gasteiger partial charge >= 0.3 is 0 Å². The monoisotopic (exact) mass is 226 g/mol. The molecule has 0 aliphatic carbocycles. The summed E-state index contributed by atoms with van der Waals surface area (Å²) in [5.74, 6) is 0. The second-order valence-electron chi connectivity index (χ2n) is 4.35. The zero-order valence-electron chi connectivity index (χ0n) is 9.94. The summed E-state index contributed by atoms with van der Waals surface area (Å²) in [5.41, 5.74) is 0. The third kappa shape index (κ3) is 6.43. The summed E-state index contributed by atoms with van der Waals surface area (Å²) in [6.45, 7) is 1.20. The zero-order valence-corrected chi connectivity index (χ0v) is 9.94. The fourth-order valence-corrected chi connectivity index (χ4v) is 1.83. The van der Waals surface area contributed by atoms with Gasteiger partial charge in [-0.1, -0.05) is 0 Å². The maximum absolute atomic E-state index is 11.3. The van der Waals surface area contributed by atoms with E-state index >= 15 is 0 Å². The average Bonchev–Trinajstić information content (AvgIpc) is 2.27. The SMILES string of the molecule is [O-]/[N+]1=C\CCCCC/[N+]([O-])=C/CCCCC1. The van der Waals surface area contributed by atoms with Crippen molar-refractivity contribution in [3.8, 4) is 0 Å². The fourth-order valence-electron chi connectivity index (χ4n) is 1.83. The minimum absolute atomic E-state index is 0.598. The average molecular weight is 226 g/mol. The first-order valence-electron chi connectivity index (χ1n) is 6.33. The lowest BCUT2D eigenvalue weighted by Crippen LogP contribution is -2.09. The Labute approximate surface area is 97.5 Å². The van der Waals surface area contributed by atoms with Crippen LogP contribution in [0.5, 0.6) is 0 Å². The van der Waals surface area contributed by atoms with Crippen molar-refractivity contribution in [2.45, 2.75) is 51.4 Å². The molecule has 0 saturated carbocycles. The Kier molecular flexibility index (Phi) is 6.61. The van der Waals surface area contributed by atoms with Crippen LogP contribution in [0.3, 0.4) is 0 Å². The van der Waals surface area contributed by atoms with Crippen molar-refractivity contribution in [2.24, 2.45) is 0 Å². The Hall–Kier alpha value is -1.06. The van der Waals surface area contributed by atoms with Crippen molar-refractivity contribution < 1.29 is 9.48 Å². The minimum Gasteiger partial charge on any atom is -0.624 e. The molecule has 0 radical (unpaired) electrons. The number of nitrogens with zero attached hydrogens (tertiary/aromatic N) is 2. The summed E-state index contributed by atoms with van der Waals surface area (Å²) in [6, 6.07) is 0. The van der Waals surface area contributed by atoms with E-state index in [9.17, 15) is 10.4 Å². The molecule has 16 heavy (non-hydrogen) atoms. The molecule has 0 bridgehead atoms. The normalized spacial score (nSPS) is 28.2. The van der Waals surface area contributed by atoms with Gasteiger partial charge in [-0.25, -0.2) is 9.48 Å². The highest BCUT2D eigenvalue weighted by Crippen LogP contribution is 2.02. The molecule has 0 fully saturated rings. The van der Waals surface area contributed by atoms with E-state index in [1.807, 2.05) is 0 Å². The molecule has 0 unspecified atom stereocenters. The lowest BCUT2D eigenvalue weighted by atomic mass is 10.2. The molecular formula is C12H22N2O2. The van der Waals surface area contributed by atoms with Crippen molar-refractivity contribution in [3.63, 3.8) is 0 Å². The van der Waals surface area contributed by atoms with Crippen molar-refractivity contribution >= 4 is 12.4 Å². The van der Waals surface area contributed by atoms with Crippen LogP contribution < -0.4 is 0 Å². The number of hydrogen-bond donors (Lipinski definition) is 0. The van der Waals surface area contributed by atoms with Crippen LogP contribution in [0.1, 0.15) is 51.4 Å². The van der Waals surface area contributed by atoms with E-state index in [-0.39, 0.29) is 0 Å². The Balaban J connectivity index is 2.34. The predicted octanol–water partition coefficient (Wildman–Crippen LogP) is 2.28. The van der Waals surface area contributed by atoms with E-state index in [4.69, 9.17) is 0 Å². The van der Waals surface area contributed by atoms with Gasteiger partial charge in [0.05, 0.1) is 0 Å². The maximum atomic E-state index is 11.3. The summed E-state index contributed by atoms with van der Waals surface area (Å²) in [4.78, 5) is 0. The molecule has 0 aromatic rings. The Bertz CT molecular complexity index is 223. The largest absolute Gasteiger partial charge is 0.624 e. The molecule has 1 aliphatic rings. The van der Waals surface area contributed by atoms with Crippen LogP contribution in [-0.2, 0) is 0 Å². The van der Waals surface area contributed by atoms with Crippen molar-refractivity contribution in [1.29, 1.82) is 0 Å². The summed E-state index contributed by atoms with van der Waals surface area (Å²) in [5, 5.41) is 22.6. The van der Waals surface area contributed by atoms with Gasteiger partial charge in [-0.2, -0.15) is 0 Å². The second kappa shape index (κ2) is 8.13. The molecule has 0 saturated heterocycles. The van der Waals surface area contributed by atoms with Crippen LogP contribution in [0.2, 0.25) is 0 Å². The molecule has 0 aromatic carbocycles. The van der Waals surface area contributed by atoms with Gasteiger partial charge in [-0.3, -0.25) is 0 Å². The molecule has 92 valence electrons. The summed E-state index contributed by atoms with van der Waals surface area (Å²) < 4.78 is 2.13. The van der Waals surface area contributed by atoms with E-state index in [1.165, 1.54) is 0 Å². The van der Waals surface area contributed by atoms with E-state index in [0.717, 1.165) is 60.8 Å². The third-order valence-electron chi connectivity index (χ3n) is 2.83. The quantitative estimate of drug-likeness (QED) is 0.470. The molecule has 0 amide bonds. The fraction of sp³-hybridized carbons (Fsp3) is 0.833. The van der Waals surface area contributed by atoms with E-state index in [1.54, 1.807) is 12.4 Å². The number of rotatable bonds is 0. The lowest BCUT2D eigenvalue weighted by Gasteiger charge is -2.06. The van der Waals surface area contributed by atoms with Crippen LogP contribution in [-0.4, -0.2) is 35.0 Å². The van der Waals surface area contributed by atoms with Gasteiger partial charge in [0.2, 0.25) is 0 Å². The molecule has 1 aliphatic heterocycles.